The molecule has 11 nitrogen and oxygen atoms in total. The zero-order valence-corrected chi connectivity index (χ0v) is 31.9. The first kappa shape index (κ1) is 39.3. The molecule has 56 heavy (non-hydrogen) atoms. The van der Waals surface area contributed by atoms with Gasteiger partial charge in [0.2, 0.25) is 23.6 Å². The second-order valence-electron chi connectivity index (χ2n) is 14.3. The van der Waals surface area contributed by atoms with Gasteiger partial charge in [-0.05, 0) is 67.0 Å². The smallest absolute Gasteiger partial charge is 0.421 e. The van der Waals surface area contributed by atoms with Gasteiger partial charge in [0.15, 0.2) is 0 Å². The number of aromatic nitrogens is 2. The second-order valence-corrected chi connectivity index (χ2v) is 14.7. The van der Waals surface area contributed by atoms with E-state index in [9.17, 15) is 22.8 Å². The van der Waals surface area contributed by atoms with Crippen molar-refractivity contribution in [1.29, 1.82) is 0 Å². The van der Waals surface area contributed by atoms with Gasteiger partial charge < -0.3 is 35.5 Å². The Morgan fingerprint density at radius 3 is 2.20 bits per heavy atom. The molecular formula is C41H44ClF3N6O5. The highest BCUT2D eigenvalue weighted by molar-refractivity contribution is 6.35. The number of nitrogens with one attached hydrogen (secondary N) is 4. The van der Waals surface area contributed by atoms with Gasteiger partial charge in [-0.3, -0.25) is 14.6 Å². The summed E-state index contributed by atoms with van der Waals surface area (Å²) in [6, 6.07) is 14.4. The minimum atomic E-state index is -4.74. The maximum absolute atomic E-state index is 14.6. The van der Waals surface area contributed by atoms with E-state index in [0.29, 0.717) is 74.6 Å². The Labute approximate surface area is 328 Å². The summed E-state index contributed by atoms with van der Waals surface area (Å²) in [6.07, 6.45) is 0.519. The van der Waals surface area contributed by atoms with Gasteiger partial charge in [-0.2, -0.15) is 18.2 Å². The number of amides is 2. The quantitative estimate of drug-likeness (QED) is 0.110. The molecule has 0 radical (unpaired) electrons. The van der Waals surface area contributed by atoms with Gasteiger partial charge in [0.05, 0.1) is 24.9 Å². The van der Waals surface area contributed by atoms with E-state index in [1.165, 1.54) is 7.11 Å². The molecule has 0 unspecified atom stereocenters. The van der Waals surface area contributed by atoms with Crippen LogP contribution in [0, 0.1) is 0 Å². The molecule has 2 aliphatic heterocycles. The molecule has 296 valence electrons. The number of hydrogen-bond donors (Lipinski definition) is 4. The Kier molecular flexibility index (Phi) is 12.0. The molecule has 0 bridgehead atoms. The third-order valence-corrected chi connectivity index (χ3v) is 10.9. The van der Waals surface area contributed by atoms with E-state index < -0.39 is 23.7 Å². The third kappa shape index (κ3) is 8.72. The van der Waals surface area contributed by atoms with Crippen molar-refractivity contribution in [2.24, 2.45) is 0 Å². The van der Waals surface area contributed by atoms with Crippen LogP contribution >= 0.6 is 11.6 Å². The monoisotopic (exact) mass is 792 g/mol. The Morgan fingerprint density at radius 1 is 0.839 bits per heavy atom. The number of carbonyl (C=O) groups excluding carboxylic acids is 2. The molecule has 2 aromatic carbocycles. The van der Waals surface area contributed by atoms with Gasteiger partial charge in [0, 0.05) is 79.6 Å². The van der Waals surface area contributed by atoms with Crippen LogP contribution in [0.4, 0.5) is 13.2 Å². The summed E-state index contributed by atoms with van der Waals surface area (Å²) in [5.74, 6) is 0.177. The summed E-state index contributed by atoms with van der Waals surface area (Å²) in [7, 11) is 2.97. The van der Waals surface area contributed by atoms with Gasteiger partial charge in [0.25, 0.3) is 0 Å². The van der Waals surface area contributed by atoms with Crippen molar-refractivity contribution in [3.05, 3.63) is 87.6 Å². The van der Waals surface area contributed by atoms with Crippen molar-refractivity contribution in [3.63, 3.8) is 0 Å². The summed E-state index contributed by atoms with van der Waals surface area (Å²) >= 11 is 7.13. The largest absolute Gasteiger partial charge is 0.496 e. The van der Waals surface area contributed by atoms with Gasteiger partial charge >= 0.3 is 6.18 Å². The lowest BCUT2D eigenvalue weighted by Gasteiger charge is -2.29. The molecule has 0 saturated carbocycles. The highest BCUT2D eigenvalue weighted by atomic mass is 35.5. The minimum absolute atomic E-state index is 0.0248. The zero-order valence-electron chi connectivity index (χ0n) is 31.2. The molecule has 2 fully saturated rings. The van der Waals surface area contributed by atoms with Crippen LogP contribution in [-0.4, -0.2) is 61.2 Å². The molecule has 4 heterocycles. The first-order valence-corrected chi connectivity index (χ1v) is 19.2. The van der Waals surface area contributed by atoms with Crippen LogP contribution < -0.4 is 35.5 Å². The molecule has 2 amide bonds. The van der Waals surface area contributed by atoms with E-state index in [-0.39, 0.29) is 41.9 Å². The fraction of sp³-hybridized carbons (Fsp3) is 0.415. The number of benzene rings is 2. The van der Waals surface area contributed by atoms with Gasteiger partial charge in [-0.25, -0.2) is 0 Å². The molecule has 3 atom stereocenters. The molecule has 2 saturated heterocycles. The lowest BCUT2D eigenvalue weighted by molar-refractivity contribution is -0.140. The number of rotatable bonds is 14. The fourth-order valence-corrected chi connectivity index (χ4v) is 8.07. The number of ether oxygens (including phenoxy) is 3. The Hall–Kier alpha value is -4.92. The standard InChI is InChI=1S/C41H44ClF3N6O5/c1-54-34-18-23(9-10-24(34)19-46-21-26-11-13-35(52)49-26)38-37(42)31(15-16-48-38)29-5-3-7-30-28(29)6-4-8-33(30)56-40-32(41(43,44)45)17-25(39(51-40)55-2)20-47-22-27-12-14-36(53)50-27/h3,5,7,9-10,15-18,26-27,33,46-47H,4,6,8,11-14,19-22H2,1-2H3,(H,49,52)(H,50,53)/t26-,27-,33-/m1/s1. The van der Waals surface area contributed by atoms with Crippen LogP contribution in [0.25, 0.3) is 22.4 Å². The number of pyridine rings is 2. The normalized spacial score (nSPS) is 19.4. The van der Waals surface area contributed by atoms with E-state index in [1.54, 1.807) is 13.3 Å². The lowest BCUT2D eigenvalue weighted by Crippen LogP contribution is -2.35. The Balaban J connectivity index is 1.12. The fourth-order valence-electron chi connectivity index (χ4n) is 7.75. The van der Waals surface area contributed by atoms with E-state index in [4.69, 9.17) is 25.8 Å². The number of fused-ring (bicyclic) bond motifs is 1. The van der Waals surface area contributed by atoms with E-state index in [0.717, 1.165) is 45.9 Å². The van der Waals surface area contributed by atoms with Crippen molar-refractivity contribution in [2.45, 2.75) is 82.4 Å². The van der Waals surface area contributed by atoms with Crippen LogP contribution in [0.15, 0.2) is 54.7 Å². The summed E-state index contributed by atoms with van der Waals surface area (Å²) in [6.45, 7) is 1.67. The average Bonchev–Trinajstić information content (AvgIpc) is 3.81. The predicted molar refractivity (Wildman–Crippen MR) is 205 cm³/mol. The topological polar surface area (TPSA) is 136 Å². The van der Waals surface area contributed by atoms with Crippen LogP contribution in [0.2, 0.25) is 5.02 Å². The lowest BCUT2D eigenvalue weighted by atomic mass is 9.84. The van der Waals surface area contributed by atoms with E-state index in [1.807, 2.05) is 42.5 Å². The average molecular weight is 793 g/mol. The minimum Gasteiger partial charge on any atom is -0.496 e. The molecule has 15 heteroatoms. The molecule has 1 aliphatic carbocycles. The SMILES string of the molecule is COc1cc(-c2nccc(-c3cccc4c3CCC[C@H]4Oc3nc(OC)c(CNC[C@H]4CCC(=O)N4)cc3C(F)(F)F)c2Cl)ccc1CNC[C@H]1CCC(=O)N1. The number of nitrogens with zero attached hydrogens (tertiary/aromatic N) is 2. The van der Waals surface area contributed by atoms with Crippen molar-refractivity contribution in [1.82, 2.24) is 31.2 Å². The summed E-state index contributed by atoms with van der Waals surface area (Å²) in [5, 5.41) is 12.7. The third-order valence-electron chi connectivity index (χ3n) is 10.6. The summed E-state index contributed by atoms with van der Waals surface area (Å²) in [4.78, 5) is 32.0. The van der Waals surface area contributed by atoms with Gasteiger partial charge in [-0.15, -0.1) is 0 Å². The molecule has 4 aromatic rings. The highest BCUT2D eigenvalue weighted by Crippen LogP contribution is 2.45. The van der Waals surface area contributed by atoms with E-state index >= 15 is 0 Å². The predicted octanol–water partition coefficient (Wildman–Crippen LogP) is 6.69. The number of methoxy groups -OCH3 is 2. The number of hydrogen-bond acceptors (Lipinski definition) is 9. The second kappa shape index (κ2) is 17.1. The summed E-state index contributed by atoms with van der Waals surface area (Å²) < 4.78 is 61.0. The van der Waals surface area contributed by atoms with Crippen LogP contribution in [-0.2, 0) is 35.3 Å². The Bertz CT molecular complexity index is 2100. The zero-order chi connectivity index (χ0) is 39.4. The maximum Gasteiger partial charge on any atom is 0.421 e. The van der Waals surface area contributed by atoms with Crippen molar-refractivity contribution in [2.75, 3.05) is 27.3 Å². The van der Waals surface area contributed by atoms with Gasteiger partial charge in [0.1, 0.15) is 17.4 Å². The Morgan fingerprint density at radius 2 is 1.55 bits per heavy atom. The molecular weight excluding hydrogens is 749 g/mol. The van der Waals surface area contributed by atoms with Crippen LogP contribution in [0.5, 0.6) is 17.5 Å². The first-order chi connectivity index (χ1) is 27.0. The van der Waals surface area contributed by atoms with Crippen molar-refractivity contribution >= 4 is 23.4 Å². The molecule has 3 aliphatic rings. The molecule has 4 N–H and O–H groups in total. The maximum atomic E-state index is 14.6. The molecule has 2 aromatic heterocycles. The number of carbonyl (C=O) groups is 2. The number of alkyl halides is 3. The van der Waals surface area contributed by atoms with Crippen molar-refractivity contribution in [3.8, 4) is 39.9 Å². The first-order valence-electron chi connectivity index (χ1n) is 18.8. The highest BCUT2D eigenvalue weighted by Gasteiger charge is 2.38. The molecule has 7 rings (SSSR count). The van der Waals surface area contributed by atoms with E-state index in [2.05, 4.69) is 31.2 Å². The number of halogens is 4. The van der Waals surface area contributed by atoms with Crippen molar-refractivity contribution < 1.29 is 37.0 Å². The molecule has 0 spiro atoms. The summed E-state index contributed by atoms with van der Waals surface area (Å²) in [5.41, 5.74) is 4.77. The van der Waals surface area contributed by atoms with Gasteiger partial charge in [-0.1, -0.05) is 41.9 Å². The van der Waals surface area contributed by atoms with Crippen LogP contribution in [0.3, 0.4) is 0 Å². The van der Waals surface area contributed by atoms with Crippen LogP contribution in [0.1, 0.15) is 72.4 Å².